The molecule has 2 nitrogen and oxygen atoms in total. The molecule has 0 spiro atoms. The average molecular weight is 194 g/mol. The number of rotatable bonds is 0. The molecule has 2 rings (SSSR count). The van der Waals surface area contributed by atoms with Crippen molar-refractivity contribution >= 4 is 0 Å². The van der Waals surface area contributed by atoms with Gasteiger partial charge in [-0.2, -0.15) is 0 Å². The zero-order chi connectivity index (χ0) is 9.80. The molecule has 0 radical (unpaired) electrons. The third-order valence-corrected chi connectivity index (χ3v) is 3.67. The van der Waals surface area contributed by atoms with E-state index in [1.807, 2.05) is 0 Å². The van der Waals surface area contributed by atoms with Crippen molar-refractivity contribution in [3.8, 4) is 0 Å². The largest absolute Gasteiger partial charge is 0.329 e. The van der Waals surface area contributed by atoms with E-state index in [9.17, 15) is 0 Å². The average Bonchev–Trinajstić information content (AvgIpc) is 2.37. The molecular weight excluding hydrogens is 172 g/mol. The highest BCUT2D eigenvalue weighted by Crippen LogP contribution is 2.31. The van der Waals surface area contributed by atoms with Gasteiger partial charge in [0.15, 0.2) is 0 Å². The van der Waals surface area contributed by atoms with Crippen molar-refractivity contribution in [2.75, 3.05) is 6.54 Å². The van der Waals surface area contributed by atoms with Crippen molar-refractivity contribution in [3.63, 3.8) is 0 Å². The minimum absolute atomic E-state index is 0.847. The van der Waals surface area contributed by atoms with Crippen LogP contribution in [0.25, 0.3) is 0 Å². The van der Waals surface area contributed by atoms with Crippen molar-refractivity contribution < 1.29 is 0 Å². The fraction of sp³-hybridized carbons (Fsp3) is 0.833. The molecule has 0 aromatic heterocycles. The highest BCUT2D eigenvalue weighted by Gasteiger charge is 2.19. The molecule has 1 heterocycles. The molecule has 1 aliphatic heterocycles. The lowest BCUT2D eigenvalue weighted by molar-refractivity contribution is 0.370. The lowest BCUT2D eigenvalue weighted by Crippen LogP contribution is -2.26. The molecule has 0 bridgehead atoms. The molecule has 80 valence electrons. The topological polar surface area (TPSA) is 24.1 Å². The lowest BCUT2D eigenvalue weighted by Gasteiger charge is -2.24. The third kappa shape index (κ3) is 2.50. The minimum atomic E-state index is 0.847. The van der Waals surface area contributed by atoms with Crippen molar-refractivity contribution in [2.24, 2.45) is 11.8 Å². The second kappa shape index (κ2) is 4.83. The van der Waals surface area contributed by atoms with Crippen LogP contribution in [0.15, 0.2) is 11.8 Å². The van der Waals surface area contributed by atoms with Crippen LogP contribution < -0.4 is 10.9 Å². The summed E-state index contributed by atoms with van der Waals surface area (Å²) in [5.74, 6) is 1.79. The summed E-state index contributed by atoms with van der Waals surface area (Å²) in [5.41, 5.74) is 8.08. The maximum Gasteiger partial charge on any atom is 0.0153 e. The smallest absolute Gasteiger partial charge is 0.0153 e. The molecule has 0 aromatic carbocycles. The predicted octanol–water partition coefficient (Wildman–Crippen LogP) is 2.58. The Bertz CT molecular complexity index is 210. The van der Waals surface area contributed by atoms with Gasteiger partial charge in [-0.3, -0.25) is 0 Å². The number of fused-ring (bicyclic) bond motifs is 1. The summed E-state index contributed by atoms with van der Waals surface area (Å²) in [4.78, 5) is 0. The number of hydrazine groups is 1. The van der Waals surface area contributed by atoms with Gasteiger partial charge >= 0.3 is 0 Å². The quantitative estimate of drug-likeness (QED) is 0.619. The van der Waals surface area contributed by atoms with Crippen molar-refractivity contribution in [2.45, 2.75) is 45.4 Å². The van der Waals surface area contributed by atoms with E-state index in [2.05, 4.69) is 24.0 Å². The van der Waals surface area contributed by atoms with Crippen molar-refractivity contribution in [1.82, 2.24) is 10.9 Å². The monoisotopic (exact) mass is 194 g/mol. The van der Waals surface area contributed by atoms with Crippen LogP contribution in [0.5, 0.6) is 0 Å². The standard InChI is InChI=1S/C12H22N2/c1-10-3-2-4-12-9-14-13-8-7-11(12)6-5-10/h9-11,13-14H,2-8H2,1H3. The van der Waals surface area contributed by atoms with Crippen LogP contribution in [-0.4, -0.2) is 6.54 Å². The summed E-state index contributed by atoms with van der Waals surface area (Å²) < 4.78 is 0. The maximum atomic E-state index is 3.23. The van der Waals surface area contributed by atoms with Crippen LogP contribution in [0, 0.1) is 11.8 Å². The van der Waals surface area contributed by atoms with E-state index in [0.29, 0.717) is 0 Å². The Hall–Kier alpha value is -0.500. The summed E-state index contributed by atoms with van der Waals surface area (Å²) in [6.45, 7) is 3.51. The van der Waals surface area contributed by atoms with E-state index in [-0.39, 0.29) is 0 Å². The Morgan fingerprint density at radius 3 is 3.07 bits per heavy atom. The fourth-order valence-corrected chi connectivity index (χ4v) is 2.66. The van der Waals surface area contributed by atoms with E-state index < -0.39 is 0 Å². The van der Waals surface area contributed by atoms with Crippen LogP contribution in [0.3, 0.4) is 0 Å². The number of hydrogen-bond donors (Lipinski definition) is 2. The Kier molecular flexibility index (Phi) is 3.46. The highest BCUT2D eigenvalue weighted by atomic mass is 15.3. The van der Waals surface area contributed by atoms with Crippen LogP contribution >= 0.6 is 0 Å². The van der Waals surface area contributed by atoms with Gasteiger partial charge in [-0.05, 0) is 43.1 Å². The number of hydrogen-bond acceptors (Lipinski definition) is 2. The molecule has 0 aromatic rings. The van der Waals surface area contributed by atoms with E-state index in [1.165, 1.54) is 38.5 Å². The molecule has 1 aliphatic carbocycles. The molecule has 1 saturated carbocycles. The van der Waals surface area contributed by atoms with Gasteiger partial charge in [0.1, 0.15) is 0 Å². The van der Waals surface area contributed by atoms with E-state index in [0.717, 1.165) is 18.4 Å². The van der Waals surface area contributed by atoms with Crippen LogP contribution in [0.2, 0.25) is 0 Å². The molecule has 0 amide bonds. The van der Waals surface area contributed by atoms with Gasteiger partial charge in [0.2, 0.25) is 0 Å². The van der Waals surface area contributed by atoms with Gasteiger partial charge < -0.3 is 5.43 Å². The minimum Gasteiger partial charge on any atom is -0.329 e. The van der Waals surface area contributed by atoms with Gasteiger partial charge in [-0.25, -0.2) is 5.43 Å². The lowest BCUT2D eigenvalue weighted by atomic mass is 9.82. The van der Waals surface area contributed by atoms with Gasteiger partial charge in [-0.1, -0.05) is 19.8 Å². The SMILES string of the molecule is CC1CCCC2=CNNCCC2CC1. The van der Waals surface area contributed by atoms with Gasteiger partial charge in [0.05, 0.1) is 0 Å². The molecule has 2 unspecified atom stereocenters. The summed E-state index contributed by atoms with van der Waals surface area (Å²) in [6, 6.07) is 0. The molecule has 2 heteroatoms. The zero-order valence-corrected chi connectivity index (χ0v) is 9.18. The first-order chi connectivity index (χ1) is 6.86. The van der Waals surface area contributed by atoms with Gasteiger partial charge in [0.25, 0.3) is 0 Å². The predicted molar refractivity (Wildman–Crippen MR) is 59.6 cm³/mol. The summed E-state index contributed by atoms with van der Waals surface area (Å²) in [5, 5.41) is 0. The Labute approximate surface area is 87.1 Å². The van der Waals surface area contributed by atoms with Crippen molar-refractivity contribution in [3.05, 3.63) is 11.8 Å². The van der Waals surface area contributed by atoms with Crippen LogP contribution in [0.1, 0.15) is 45.4 Å². The Balaban J connectivity index is 2.01. The van der Waals surface area contributed by atoms with E-state index >= 15 is 0 Å². The summed E-state index contributed by atoms with van der Waals surface area (Å²) in [7, 11) is 0. The van der Waals surface area contributed by atoms with E-state index in [1.54, 1.807) is 5.57 Å². The molecule has 2 atom stereocenters. The van der Waals surface area contributed by atoms with Crippen LogP contribution in [-0.2, 0) is 0 Å². The maximum absolute atomic E-state index is 3.23. The first-order valence-corrected chi connectivity index (χ1v) is 6.03. The second-order valence-corrected chi connectivity index (χ2v) is 4.85. The molecule has 2 aliphatic rings. The zero-order valence-electron chi connectivity index (χ0n) is 9.18. The van der Waals surface area contributed by atoms with E-state index in [4.69, 9.17) is 0 Å². The van der Waals surface area contributed by atoms with Crippen molar-refractivity contribution in [1.29, 1.82) is 0 Å². The van der Waals surface area contributed by atoms with Crippen LogP contribution in [0.4, 0.5) is 0 Å². The second-order valence-electron chi connectivity index (χ2n) is 4.85. The van der Waals surface area contributed by atoms with Gasteiger partial charge in [0, 0.05) is 12.7 Å². The Morgan fingerprint density at radius 2 is 2.14 bits per heavy atom. The molecule has 1 fully saturated rings. The number of allylic oxidation sites excluding steroid dienone is 1. The van der Waals surface area contributed by atoms with Gasteiger partial charge in [-0.15, -0.1) is 0 Å². The Morgan fingerprint density at radius 1 is 1.21 bits per heavy atom. The highest BCUT2D eigenvalue weighted by molar-refractivity contribution is 5.08. The first kappa shape index (κ1) is 10.0. The normalized spacial score (nSPS) is 34.2. The summed E-state index contributed by atoms with van der Waals surface area (Å²) >= 11 is 0. The molecule has 2 N–H and O–H groups in total. The first-order valence-electron chi connectivity index (χ1n) is 6.03. The molecule has 14 heavy (non-hydrogen) atoms. The summed E-state index contributed by atoms with van der Waals surface area (Å²) in [6.07, 6.45) is 10.4. The molecular formula is C12H22N2. The number of nitrogens with one attached hydrogen (secondary N) is 2. The fourth-order valence-electron chi connectivity index (χ4n) is 2.66. The molecule has 0 saturated heterocycles. The third-order valence-electron chi connectivity index (χ3n) is 3.67.